The van der Waals surface area contributed by atoms with Gasteiger partial charge in [-0.25, -0.2) is 0 Å². The van der Waals surface area contributed by atoms with Crippen molar-refractivity contribution >= 4 is 23.5 Å². The van der Waals surface area contributed by atoms with Gasteiger partial charge in [-0.15, -0.1) is 0 Å². The molecule has 31 heavy (non-hydrogen) atoms. The summed E-state index contributed by atoms with van der Waals surface area (Å²) in [5.74, 6) is 0.153. The van der Waals surface area contributed by atoms with Gasteiger partial charge in [0.2, 0.25) is 0 Å². The van der Waals surface area contributed by atoms with E-state index in [-0.39, 0.29) is 47.5 Å². The average molecular weight is 431 g/mol. The van der Waals surface area contributed by atoms with Gasteiger partial charge in [0.15, 0.2) is 11.6 Å². The van der Waals surface area contributed by atoms with E-state index in [1.165, 1.54) is 19.4 Å². The fourth-order valence-corrected chi connectivity index (χ4v) is 7.67. The van der Waals surface area contributed by atoms with Crippen LogP contribution in [-0.2, 0) is 28.7 Å². The third-order valence-corrected chi connectivity index (χ3v) is 9.15. The number of ketones is 2. The summed E-state index contributed by atoms with van der Waals surface area (Å²) in [5, 5.41) is 0. The smallest absolute Gasteiger partial charge is 0.303 e. The Kier molecular flexibility index (Phi) is 5.63. The minimum atomic E-state index is -0.459. The number of carbonyl (C=O) groups is 4. The van der Waals surface area contributed by atoms with Gasteiger partial charge in [-0.3, -0.25) is 19.2 Å². The number of carbonyl (C=O) groups excluding carboxylic acids is 4. The highest BCUT2D eigenvalue weighted by atomic mass is 16.5. The molecule has 170 valence electrons. The molecule has 4 aliphatic carbocycles. The average Bonchev–Trinajstić information content (AvgIpc) is 3.05. The summed E-state index contributed by atoms with van der Waals surface area (Å²) in [6, 6.07) is 0. The van der Waals surface area contributed by atoms with Crippen LogP contribution in [0.3, 0.4) is 0 Å². The lowest BCUT2D eigenvalue weighted by atomic mass is 9.46. The zero-order valence-corrected chi connectivity index (χ0v) is 19.1. The van der Waals surface area contributed by atoms with Crippen LogP contribution < -0.4 is 0 Å². The number of esters is 2. The number of hydrogen-bond donors (Lipinski definition) is 0. The molecule has 4 rings (SSSR count). The van der Waals surface area contributed by atoms with E-state index >= 15 is 0 Å². The van der Waals surface area contributed by atoms with Crippen molar-refractivity contribution in [2.75, 3.05) is 6.61 Å². The molecule has 0 bridgehead atoms. The summed E-state index contributed by atoms with van der Waals surface area (Å²) in [6.45, 7) is 6.93. The molecule has 0 radical (unpaired) electrons. The lowest BCUT2D eigenvalue weighted by molar-refractivity contribution is -0.181. The first-order valence-corrected chi connectivity index (χ1v) is 11.6. The Morgan fingerprint density at radius 1 is 1.03 bits per heavy atom. The number of allylic oxidation sites excluding steroid dienone is 1. The molecule has 3 saturated carbocycles. The van der Waals surface area contributed by atoms with Crippen molar-refractivity contribution in [3.8, 4) is 0 Å². The Morgan fingerprint density at radius 3 is 2.45 bits per heavy atom. The summed E-state index contributed by atoms with van der Waals surface area (Å²) < 4.78 is 10.9. The van der Waals surface area contributed by atoms with E-state index in [0.29, 0.717) is 18.3 Å². The first-order chi connectivity index (χ1) is 14.6. The quantitative estimate of drug-likeness (QED) is 0.631. The molecular formula is C25H34O6. The summed E-state index contributed by atoms with van der Waals surface area (Å²) in [5.41, 5.74) is 0.762. The number of Topliss-reactive ketones (excluding diaryl/α,β-unsaturated/α-hetero) is 1. The van der Waals surface area contributed by atoms with Crippen LogP contribution in [0, 0.1) is 34.5 Å². The first-order valence-electron chi connectivity index (χ1n) is 11.6. The summed E-state index contributed by atoms with van der Waals surface area (Å²) >= 11 is 0. The van der Waals surface area contributed by atoms with Crippen LogP contribution in [-0.4, -0.2) is 36.2 Å². The Hall–Kier alpha value is -1.98. The first kappa shape index (κ1) is 22.2. The van der Waals surface area contributed by atoms with E-state index in [1.807, 2.05) is 6.08 Å². The van der Waals surface area contributed by atoms with Crippen LogP contribution in [0.15, 0.2) is 11.6 Å². The molecular weight excluding hydrogens is 396 g/mol. The molecule has 0 spiro atoms. The van der Waals surface area contributed by atoms with Crippen molar-refractivity contribution in [3.05, 3.63) is 11.6 Å². The molecule has 4 aliphatic rings. The fourth-order valence-electron chi connectivity index (χ4n) is 7.67. The molecule has 0 aliphatic heterocycles. The highest BCUT2D eigenvalue weighted by Crippen LogP contribution is 2.67. The van der Waals surface area contributed by atoms with Gasteiger partial charge in [-0.05, 0) is 67.8 Å². The molecule has 0 aromatic heterocycles. The summed E-state index contributed by atoms with van der Waals surface area (Å²) in [7, 11) is 0. The number of fused-ring (bicyclic) bond motifs is 5. The van der Waals surface area contributed by atoms with Crippen molar-refractivity contribution in [2.24, 2.45) is 34.5 Å². The second kappa shape index (κ2) is 7.86. The Morgan fingerprint density at radius 2 is 1.77 bits per heavy atom. The van der Waals surface area contributed by atoms with Gasteiger partial charge in [0.1, 0.15) is 12.7 Å². The third kappa shape index (κ3) is 3.56. The highest BCUT2D eigenvalue weighted by molar-refractivity contribution is 5.91. The summed E-state index contributed by atoms with van der Waals surface area (Å²) in [4.78, 5) is 48.4. The minimum Gasteiger partial charge on any atom is -0.462 e. The molecule has 7 unspecified atom stereocenters. The van der Waals surface area contributed by atoms with Crippen LogP contribution >= 0.6 is 0 Å². The van der Waals surface area contributed by atoms with Gasteiger partial charge in [0.05, 0.1) is 0 Å². The van der Waals surface area contributed by atoms with Crippen molar-refractivity contribution in [1.82, 2.24) is 0 Å². The van der Waals surface area contributed by atoms with E-state index in [2.05, 4.69) is 13.8 Å². The molecule has 0 aromatic carbocycles. The molecule has 0 N–H and O–H groups in total. The lowest BCUT2D eigenvalue weighted by Crippen LogP contribution is -2.58. The largest absolute Gasteiger partial charge is 0.462 e. The van der Waals surface area contributed by atoms with Gasteiger partial charge < -0.3 is 9.47 Å². The normalized spacial score (nSPS) is 41.4. The second-order valence-corrected chi connectivity index (χ2v) is 10.5. The van der Waals surface area contributed by atoms with Crippen molar-refractivity contribution in [1.29, 1.82) is 0 Å². The van der Waals surface area contributed by atoms with Crippen molar-refractivity contribution < 1.29 is 28.7 Å². The maximum Gasteiger partial charge on any atom is 0.303 e. The molecule has 6 heteroatoms. The topological polar surface area (TPSA) is 86.7 Å². The lowest BCUT2D eigenvalue weighted by Gasteiger charge is -2.60. The van der Waals surface area contributed by atoms with E-state index in [9.17, 15) is 19.2 Å². The van der Waals surface area contributed by atoms with E-state index < -0.39 is 11.4 Å². The Bertz CT molecular complexity index is 843. The maximum atomic E-state index is 13.1. The molecule has 0 heterocycles. The fraction of sp³-hybridized carbons (Fsp3) is 0.760. The molecule has 7 atom stereocenters. The predicted octanol–water partition coefficient (Wildman–Crippen LogP) is 3.81. The van der Waals surface area contributed by atoms with Crippen molar-refractivity contribution in [3.63, 3.8) is 0 Å². The van der Waals surface area contributed by atoms with E-state index in [4.69, 9.17) is 9.47 Å². The van der Waals surface area contributed by atoms with Crippen LogP contribution in [0.25, 0.3) is 0 Å². The predicted molar refractivity (Wildman–Crippen MR) is 113 cm³/mol. The SMILES string of the molecule is CC(=O)OCC(=O)C1CCC2C3CCC4=CC(=O)CCC4(C)C3CC(OC(C)=O)C12C. The van der Waals surface area contributed by atoms with Crippen LogP contribution in [0.5, 0.6) is 0 Å². The molecule has 0 aromatic rings. The standard InChI is InChI=1S/C25H34O6/c1-14(26)30-13-22(29)20-8-7-19-18-6-5-16-11-17(28)9-10-24(16,3)21(18)12-23(25(19,20)4)31-15(2)27/h11,18-21,23H,5-10,12-13H2,1-4H3. The minimum absolute atomic E-state index is 0.0452. The summed E-state index contributed by atoms with van der Waals surface area (Å²) in [6.07, 6.45) is 7.26. The number of hydrogen-bond acceptors (Lipinski definition) is 6. The van der Waals surface area contributed by atoms with Crippen LogP contribution in [0.4, 0.5) is 0 Å². The Labute approximate surface area is 184 Å². The monoisotopic (exact) mass is 430 g/mol. The van der Waals surface area contributed by atoms with Crippen LogP contribution in [0.2, 0.25) is 0 Å². The zero-order chi connectivity index (χ0) is 22.6. The van der Waals surface area contributed by atoms with E-state index in [0.717, 1.165) is 38.5 Å². The number of rotatable bonds is 4. The van der Waals surface area contributed by atoms with Gasteiger partial charge >= 0.3 is 11.9 Å². The van der Waals surface area contributed by atoms with E-state index in [1.54, 1.807) is 0 Å². The molecule has 0 amide bonds. The maximum absolute atomic E-state index is 13.1. The zero-order valence-electron chi connectivity index (χ0n) is 19.1. The Balaban J connectivity index is 1.68. The second-order valence-electron chi connectivity index (χ2n) is 10.5. The third-order valence-electron chi connectivity index (χ3n) is 9.15. The molecule has 3 fully saturated rings. The van der Waals surface area contributed by atoms with Gasteiger partial charge in [0.25, 0.3) is 0 Å². The van der Waals surface area contributed by atoms with Crippen LogP contribution in [0.1, 0.15) is 72.6 Å². The molecule has 0 saturated heterocycles. The molecule has 6 nitrogen and oxygen atoms in total. The van der Waals surface area contributed by atoms with Gasteiger partial charge in [-0.2, -0.15) is 0 Å². The number of ether oxygens (including phenoxy) is 2. The van der Waals surface area contributed by atoms with Gasteiger partial charge in [-0.1, -0.05) is 19.4 Å². The van der Waals surface area contributed by atoms with Gasteiger partial charge in [0, 0.05) is 31.6 Å². The van der Waals surface area contributed by atoms with Crippen molar-refractivity contribution in [2.45, 2.75) is 78.7 Å². The highest BCUT2D eigenvalue weighted by Gasteiger charge is 2.64.